The van der Waals surface area contributed by atoms with Gasteiger partial charge in [0.25, 0.3) is 0 Å². The van der Waals surface area contributed by atoms with E-state index in [1.165, 1.54) is 0 Å². The first-order valence-corrected chi connectivity index (χ1v) is 9.98. The van der Waals surface area contributed by atoms with E-state index in [4.69, 9.17) is 24.6 Å². The summed E-state index contributed by atoms with van der Waals surface area (Å²) in [6.45, 7) is 1.48. The molecular weight excluding hydrogens is 486 g/mol. The predicted molar refractivity (Wildman–Crippen MR) is 112 cm³/mol. The van der Waals surface area contributed by atoms with E-state index in [1.807, 2.05) is 42.5 Å². The quantitative estimate of drug-likeness (QED) is 0.215. The first-order chi connectivity index (χ1) is 12.5. The van der Waals surface area contributed by atoms with Crippen molar-refractivity contribution in [2.45, 2.75) is 13.0 Å². The van der Waals surface area contributed by atoms with E-state index in [9.17, 15) is 0 Å². The molecule has 0 spiro atoms. The molecule has 2 aromatic rings. The Morgan fingerprint density at radius 2 is 1.81 bits per heavy atom. The van der Waals surface area contributed by atoms with Crippen LogP contribution in [0.25, 0.3) is 0 Å². The third-order valence-corrected chi connectivity index (χ3v) is 4.73. The highest BCUT2D eigenvalue weighted by Gasteiger charge is 2.03. The molecule has 0 aromatic heterocycles. The lowest BCUT2D eigenvalue weighted by molar-refractivity contribution is 0.259. The first-order valence-electron chi connectivity index (χ1n) is 7.73. The number of hydrogen-bond acceptors (Lipinski definition) is 5. The molecule has 9 heteroatoms. The van der Waals surface area contributed by atoms with Crippen LogP contribution in [0, 0.1) is 0 Å². The molecule has 0 aliphatic carbocycles. The molecule has 0 saturated heterocycles. The maximum Gasteiger partial charge on any atom is 0.225 e. The molecule has 2 aromatic carbocycles. The second kappa shape index (κ2) is 11.3. The average molecular weight is 505 g/mol. The topological polar surface area (TPSA) is 92.1 Å². The van der Waals surface area contributed by atoms with Crippen LogP contribution in [0.2, 0.25) is 0 Å². The van der Waals surface area contributed by atoms with Gasteiger partial charge in [-0.25, -0.2) is 4.99 Å². The van der Waals surface area contributed by atoms with Crippen molar-refractivity contribution >= 4 is 50.1 Å². The fourth-order valence-electron chi connectivity index (χ4n) is 1.83. The van der Waals surface area contributed by atoms with Crippen molar-refractivity contribution in [2.24, 2.45) is 16.5 Å². The van der Waals surface area contributed by atoms with Gasteiger partial charge in [0, 0.05) is 10.9 Å². The van der Waals surface area contributed by atoms with Gasteiger partial charge in [0.2, 0.25) is 12.3 Å². The van der Waals surface area contributed by atoms with Crippen LogP contribution < -0.4 is 20.4 Å². The molecule has 2 rings (SSSR count). The highest BCUT2D eigenvalue weighted by molar-refractivity contribution is 9.10. The Morgan fingerprint density at radius 1 is 1.04 bits per heavy atom. The smallest absolute Gasteiger partial charge is 0.225 e. The van der Waals surface area contributed by atoms with Crippen LogP contribution in [-0.4, -0.2) is 19.2 Å². The number of nitrogens with two attached hydrogens (primary N) is 2. The van der Waals surface area contributed by atoms with Gasteiger partial charge in [0.1, 0.15) is 11.5 Å². The van der Waals surface area contributed by atoms with Gasteiger partial charge in [-0.3, -0.25) is 4.18 Å². The van der Waals surface area contributed by atoms with Crippen LogP contribution in [0.4, 0.5) is 0 Å². The highest BCUT2D eigenvalue weighted by atomic mass is 79.9. The number of nitrogens with zero attached hydrogens (tertiary/aromatic N) is 1. The van der Waals surface area contributed by atoms with E-state index in [1.54, 1.807) is 0 Å². The summed E-state index contributed by atoms with van der Waals surface area (Å²) in [6, 6.07) is 13.3. The Kier molecular flexibility index (Phi) is 9.10. The number of guanidine groups is 1. The summed E-state index contributed by atoms with van der Waals surface area (Å²) >= 11 is 7.81. The Hall–Kier alpha value is -1.42. The van der Waals surface area contributed by atoms with Crippen molar-refractivity contribution in [3.8, 4) is 11.5 Å². The third kappa shape index (κ3) is 7.86. The third-order valence-electron chi connectivity index (χ3n) is 3.06. The van der Waals surface area contributed by atoms with Crippen molar-refractivity contribution in [2.75, 3.05) is 13.2 Å². The SMILES string of the molecule is NC(N)=NCc1ccc(OCCCOSOc2ccc(Br)cc2)c(Br)c1. The lowest BCUT2D eigenvalue weighted by Gasteiger charge is -2.09. The average Bonchev–Trinajstić information content (AvgIpc) is 2.62. The van der Waals surface area contributed by atoms with Gasteiger partial charge in [-0.15, -0.1) is 0 Å². The molecule has 0 aliphatic heterocycles. The fraction of sp³-hybridized carbons (Fsp3) is 0.235. The Morgan fingerprint density at radius 3 is 2.50 bits per heavy atom. The van der Waals surface area contributed by atoms with Gasteiger partial charge in [-0.2, -0.15) is 0 Å². The summed E-state index contributed by atoms with van der Waals surface area (Å²) in [5.41, 5.74) is 11.6. The lowest BCUT2D eigenvalue weighted by atomic mass is 10.2. The minimum Gasteiger partial charge on any atom is -0.492 e. The van der Waals surface area contributed by atoms with Crippen LogP contribution in [-0.2, 0) is 10.7 Å². The van der Waals surface area contributed by atoms with E-state index in [0.29, 0.717) is 19.8 Å². The van der Waals surface area contributed by atoms with Crippen LogP contribution in [0.3, 0.4) is 0 Å². The molecule has 0 aliphatic rings. The Labute approximate surface area is 174 Å². The molecular formula is C17H19Br2N3O3S. The van der Waals surface area contributed by atoms with E-state index < -0.39 is 0 Å². The molecule has 4 N–H and O–H groups in total. The van der Waals surface area contributed by atoms with Gasteiger partial charge in [-0.05, 0) is 57.9 Å². The van der Waals surface area contributed by atoms with Crippen LogP contribution in [0.1, 0.15) is 12.0 Å². The van der Waals surface area contributed by atoms with Gasteiger partial charge in [0.15, 0.2) is 5.96 Å². The summed E-state index contributed by atoms with van der Waals surface area (Å²) in [5.74, 6) is 1.57. The molecule has 140 valence electrons. The van der Waals surface area contributed by atoms with E-state index in [0.717, 1.165) is 44.8 Å². The largest absolute Gasteiger partial charge is 0.492 e. The molecule has 0 atom stereocenters. The van der Waals surface area contributed by atoms with Gasteiger partial charge in [-0.1, -0.05) is 22.0 Å². The molecule has 0 amide bonds. The van der Waals surface area contributed by atoms with Crippen LogP contribution >= 0.6 is 44.2 Å². The summed E-state index contributed by atoms with van der Waals surface area (Å²) in [5, 5.41) is 0. The van der Waals surface area contributed by atoms with Crippen molar-refractivity contribution in [1.29, 1.82) is 0 Å². The van der Waals surface area contributed by atoms with Crippen LogP contribution in [0.15, 0.2) is 56.4 Å². The van der Waals surface area contributed by atoms with Crippen molar-refractivity contribution < 1.29 is 13.1 Å². The van der Waals surface area contributed by atoms with E-state index in [2.05, 4.69) is 36.9 Å². The summed E-state index contributed by atoms with van der Waals surface area (Å²) in [4.78, 5) is 3.97. The number of hydrogen-bond donors (Lipinski definition) is 2. The zero-order valence-corrected chi connectivity index (χ0v) is 17.8. The van der Waals surface area contributed by atoms with Crippen molar-refractivity contribution in [3.63, 3.8) is 0 Å². The molecule has 0 radical (unpaired) electrons. The van der Waals surface area contributed by atoms with Crippen molar-refractivity contribution in [3.05, 3.63) is 57.0 Å². The normalized spacial score (nSPS) is 10.4. The molecule has 0 unspecified atom stereocenters. The molecule has 6 nitrogen and oxygen atoms in total. The molecule has 0 saturated carbocycles. The van der Waals surface area contributed by atoms with Crippen molar-refractivity contribution in [1.82, 2.24) is 0 Å². The number of aliphatic imine (C=N–C) groups is 1. The second-order valence-electron chi connectivity index (χ2n) is 5.14. The number of halogens is 2. The van der Waals surface area contributed by atoms with E-state index >= 15 is 0 Å². The van der Waals surface area contributed by atoms with E-state index in [-0.39, 0.29) is 5.96 Å². The van der Waals surface area contributed by atoms with Gasteiger partial charge >= 0.3 is 0 Å². The number of benzene rings is 2. The maximum atomic E-state index is 5.73. The highest BCUT2D eigenvalue weighted by Crippen LogP contribution is 2.26. The summed E-state index contributed by atoms with van der Waals surface area (Å²) < 4.78 is 18.3. The zero-order chi connectivity index (χ0) is 18.8. The minimum absolute atomic E-state index is 0.0726. The number of ether oxygens (including phenoxy) is 1. The maximum absolute atomic E-state index is 5.73. The standard InChI is InChI=1S/C17H19Br2N3O3S/c18-13-3-5-14(6-4-13)25-26-24-9-1-8-23-16-7-2-12(10-15(16)19)11-22-17(20)21/h2-7,10H,1,8-9,11H2,(H4,20,21,22). The fourth-order valence-corrected chi connectivity index (χ4v) is 3.06. The number of rotatable bonds is 10. The molecule has 0 bridgehead atoms. The molecule has 0 heterocycles. The zero-order valence-electron chi connectivity index (χ0n) is 13.9. The van der Waals surface area contributed by atoms with Gasteiger partial charge < -0.3 is 20.4 Å². The molecule has 26 heavy (non-hydrogen) atoms. The second-order valence-corrected chi connectivity index (χ2v) is 7.44. The first kappa shape index (κ1) is 20.9. The minimum atomic E-state index is 0.0726. The summed E-state index contributed by atoms with van der Waals surface area (Å²) in [7, 11) is 0. The predicted octanol–water partition coefficient (Wildman–Crippen LogP) is 4.41. The Bertz CT molecular complexity index is 726. The lowest BCUT2D eigenvalue weighted by Crippen LogP contribution is -2.22. The summed E-state index contributed by atoms with van der Waals surface area (Å²) in [6.07, 6.45) is 0.735. The molecule has 0 fully saturated rings. The monoisotopic (exact) mass is 503 g/mol. The van der Waals surface area contributed by atoms with Gasteiger partial charge in [0.05, 0.1) is 24.2 Å². The van der Waals surface area contributed by atoms with Crippen LogP contribution in [0.5, 0.6) is 11.5 Å². The Balaban J connectivity index is 1.62.